The van der Waals surface area contributed by atoms with Crippen molar-refractivity contribution in [2.45, 2.75) is 89.9 Å². The monoisotopic (exact) mass is 348 g/mol. The van der Waals surface area contributed by atoms with E-state index in [2.05, 4.69) is 43.3 Å². The van der Waals surface area contributed by atoms with E-state index in [4.69, 9.17) is 0 Å². The number of allylic oxidation sites excluding steroid dienone is 2. The molecule has 0 amide bonds. The molecule has 2 bridgehead atoms. The Morgan fingerprint density at radius 2 is 1.62 bits per heavy atom. The van der Waals surface area contributed by atoms with E-state index in [1.807, 2.05) is 5.57 Å². The standard InChI is InChI=1S/C26H36/c1-2-16-25-17-26(18-25,19-25)24-14-12-23(13-15-24)22-10-8-21(9-11-22)20-6-4-3-5-7-20/h3-7,14,21-23H,2,8-13,15-19H2,1H3. The van der Waals surface area contributed by atoms with Crippen LogP contribution in [0.25, 0.3) is 0 Å². The lowest BCUT2D eigenvalue weighted by Crippen LogP contribution is -2.62. The van der Waals surface area contributed by atoms with Crippen LogP contribution >= 0.6 is 0 Å². The minimum Gasteiger partial charge on any atom is -0.0845 e. The van der Waals surface area contributed by atoms with Gasteiger partial charge in [-0.1, -0.05) is 55.3 Å². The maximum absolute atomic E-state index is 2.73. The zero-order chi connectivity index (χ0) is 17.6. The molecule has 0 N–H and O–H groups in total. The molecule has 1 aromatic rings. The molecule has 1 aromatic carbocycles. The molecule has 0 heteroatoms. The lowest BCUT2D eigenvalue weighted by molar-refractivity contribution is -0.183. The Hall–Kier alpha value is -1.04. The van der Waals surface area contributed by atoms with Crippen LogP contribution in [0.3, 0.4) is 0 Å². The lowest BCUT2D eigenvalue weighted by atomic mass is 9.32. The van der Waals surface area contributed by atoms with Crippen molar-refractivity contribution in [3.8, 4) is 0 Å². The quantitative estimate of drug-likeness (QED) is 0.479. The molecule has 4 fully saturated rings. The van der Waals surface area contributed by atoms with Crippen molar-refractivity contribution in [1.82, 2.24) is 0 Å². The second kappa shape index (κ2) is 6.54. The molecule has 6 rings (SSSR count). The van der Waals surface area contributed by atoms with E-state index in [0.717, 1.165) is 23.2 Å². The zero-order valence-corrected chi connectivity index (χ0v) is 16.7. The fourth-order valence-electron chi connectivity index (χ4n) is 7.55. The Morgan fingerprint density at radius 1 is 0.885 bits per heavy atom. The van der Waals surface area contributed by atoms with Gasteiger partial charge in [0.1, 0.15) is 0 Å². The summed E-state index contributed by atoms with van der Waals surface area (Å²) in [6, 6.07) is 11.3. The van der Waals surface area contributed by atoms with Gasteiger partial charge in [0.2, 0.25) is 0 Å². The molecule has 26 heavy (non-hydrogen) atoms. The highest BCUT2D eigenvalue weighted by Gasteiger charge is 2.67. The summed E-state index contributed by atoms with van der Waals surface area (Å²) in [4.78, 5) is 0. The zero-order valence-electron chi connectivity index (χ0n) is 16.7. The summed E-state index contributed by atoms with van der Waals surface area (Å²) in [5.41, 5.74) is 5.00. The van der Waals surface area contributed by atoms with Crippen LogP contribution in [-0.4, -0.2) is 0 Å². The largest absolute Gasteiger partial charge is 0.0845 e. The van der Waals surface area contributed by atoms with Gasteiger partial charge in [-0.25, -0.2) is 0 Å². The molecule has 4 saturated carbocycles. The van der Waals surface area contributed by atoms with Crippen molar-refractivity contribution in [3.63, 3.8) is 0 Å². The number of hydrogen-bond acceptors (Lipinski definition) is 0. The topological polar surface area (TPSA) is 0 Å². The van der Waals surface area contributed by atoms with E-state index < -0.39 is 0 Å². The van der Waals surface area contributed by atoms with Crippen molar-refractivity contribution < 1.29 is 0 Å². The van der Waals surface area contributed by atoms with Gasteiger partial charge in [0.25, 0.3) is 0 Å². The van der Waals surface area contributed by atoms with Gasteiger partial charge >= 0.3 is 0 Å². The first-order chi connectivity index (χ1) is 12.7. The van der Waals surface area contributed by atoms with Crippen LogP contribution in [0.5, 0.6) is 0 Å². The summed E-state index contributed by atoms with van der Waals surface area (Å²) in [6.07, 6.45) is 20.4. The predicted molar refractivity (Wildman–Crippen MR) is 110 cm³/mol. The van der Waals surface area contributed by atoms with E-state index in [1.165, 1.54) is 57.8 Å². The summed E-state index contributed by atoms with van der Waals surface area (Å²) in [7, 11) is 0. The van der Waals surface area contributed by atoms with E-state index in [1.54, 1.807) is 24.8 Å². The van der Waals surface area contributed by atoms with Crippen LogP contribution in [0.2, 0.25) is 0 Å². The Bertz CT molecular complexity index is 639. The summed E-state index contributed by atoms with van der Waals surface area (Å²) in [6.45, 7) is 2.37. The van der Waals surface area contributed by atoms with E-state index in [9.17, 15) is 0 Å². The third-order valence-electron chi connectivity index (χ3n) is 8.76. The Balaban J connectivity index is 1.13. The molecule has 0 saturated heterocycles. The molecule has 0 aliphatic heterocycles. The van der Waals surface area contributed by atoms with Crippen molar-refractivity contribution >= 4 is 0 Å². The van der Waals surface area contributed by atoms with E-state index in [-0.39, 0.29) is 0 Å². The van der Waals surface area contributed by atoms with E-state index in [0.29, 0.717) is 5.41 Å². The van der Waals surface area contributed by atoms with Gasteiger partial charge in [0, 0.05) is 0 Å². The number of hydrogen-bond donors (Lipinski definition) is 0. The highest BCUT2D eigenvalue weighted by atomic mass is 14.7. The first-order valence-electron chi connectivity index (χ1n) is 11.5. The second-order valence-electron chi connectivity index (χ2n) is 10.3. The van der Waals surface area contributed by atoms with Crippen LogP contribution in [0.1, 0.15) is 95.5 Å². The fourth-order valence-corrected chi connectivity index (χ4v) is 7.55. The number of rotatable bonds is 5. The third-order valence-corrected chi connectivity index (χ3v) is 8.76. The van der Waals surface area contributed by atoms with Gasteiger partial charge in [-0.15, -0.1) is 0 Å². The second-order valence-corrected chi connectivity index (χ2v) is 10.3. The highest BCUT2D eigenvalue weighted by Crippen LogP contribution is 2.78. The van der Waals surface area contributed by atoms with E-state index >= 15 is 0 Å². The first kappa shape index (κ1) is 17.1. The lowest BCUT2D eigenvalue weighted by Gasteiger charge is -2.73. The van der Waals surface area contributed by atoms with Gasteiger partial charge in [0.15, 0.2) is 0 Å². The number of benzene rings is 1. The molecule has 1 atom stereocenters. The van der Waals surface area contributed by atoms with Crippen molar-refractivity contribution in [1.29, 1.82) is 0 Å². The van der Waals surface area contributed by atoms with Crippen LogP contribution in [0.15, 0.2) is 42.0 Å². The molecule has 5 aliphatic carbocycles. The van der Waals surface area contributed by atoms with Crippen LogP contribution in [0.4, 0.5) is 0 Å². The predicted octanol–water partition coefficient (Wildman–Crippen LogP) is 7.66. The Morgan fingerprint density at radius 3 is 2.23 bits per heavy atom. The maximum atomic E-state index is 2.73. The summed E-state index contributed by atoms with van der Waals surface area (Å²) in [5.74, 6) is 2.83. The van der Waals surface area contributed by atoms with Gasteiger partial charge in [-0.05, 0) is 105 Å². The molecule has 0 spiro atoms. The molecule has 0 nitrogen and oxygen atoms in total. The van der Waals surface area contributed by atoms with Gasteiger partial charge < -0.3 is 0 Å². The minimum atomic E-state index is 0.713. The van der Waals surface area contributed by atoms with Gasteiger partial charge in [0.05, 0.1) is 0 Å². The summed E-state index contributed by atoms with van der Waals surface area (Å²) < 4.78 is 0. The normalized spacial score (nSPS) is 41.7. The minimum absolute atomic E-state index is 0.713. The maximum Gasteiger partial charge on any atom is -0.00722 e. The third kappa shape index (κ3) is 2.79. The highest BCUT2D eigenvalue weighted by molar-refractivity contribution is 5.33. The van der Waals surface area contributed by atoms with Crippen molar-refractivity contribution in [3.05, 3.63) is 47.5 Å². The van der Waals surface area contributed by atoms with Crippen LogP contribution in [0, 0.1) is 22.7 Å². The SMILES string of the molecule is CCCC12CC(C3=CCC(C4CCC(c5ccccc5)CC4)CC3)(C1)C2. The average Bonchev–Trinajstić information content (AvgIpc) is 2.65. The van der Waals surface area contributed by atoms with Crippen LogP contribution < -0.4 is 0 Å². The van der Waals surface area contributed by atoms with Crippen molar-refractivity contribution in [2.75, 3.05) is 0 Å². The average molecular weight is 349 g/mol. The molecular formula is C26H36. The molecule has 140 valence electrons. The summed E-state index contributed by atoms with van der Waals surface area (Å²) in [5, 5.41) is 0. The Kier molecular flexibility index (Phi) is 4.29. The smallest absolute Gasteiger partial charge is 0.00722 e. The summed E-state index contributed by atoms with van der Waals surface area (Å²) >= 11 is 0. The van der Waals surface area contributed by atoms with Gasteiger partial charge in [-0.2, -0.15) is 0 Å². The molecule has 5 aliphatic rings. The molecule has 1 unspecified atom stereocenters. The molecule has 0 radical (unpaired) electrons. The van der Waals surface area contributed by atoms with Gasteiger partial charge in [-0.3, -0.25) is 0 Å². The molecular weight excluding hydrogens is 312 g/mol. The molecule has 0 heterocycles. The van der Waals surface area contributed by atoms with Crippen LogP contribution in [-0.2, 0) is 0 Å². The fraction of sp³-hybridized carbons (Fsp3) is 0.692. The Labute approximate surface area is 160 Å². The molecule has 0 aromatic heterocycles. The first-order valence-corrected chi connectivity index (χ1v) is 11.5. The van der Waals surface area contributed by atoms with Crippen molar-refractivity contribution in [2.24, 2.45) is 22.7 Å².